The zero-order chi connectivity index (χ0) is 11.6. The van der Waals surface area contributed by atoms with Crippen LogP contribution in [0, 0.1) is 17.3 Å². The van der Waals surface area contributed by atoms with E-state index in [1.54, 1.807) is 0 Å². The van der Waals surface area contributed by atoms with E-state index in [0.717, 1.165) is 12.5 Å². The summed E-state index contributed by atoms with van der Waals surface area (Å²) in [5.41, 5.74) is -0.0304. The lowest BCUT2D eigenvalue weighted by Gasteiger charge is -2.34. The second-order valence-corrected chi connectivity index (χ2v) is 6.18. The molecule has 0 aromatic carbocycles. The lowest BCUT2D eigenvalue weighted by molar-refractivity contribution is 0.0120. The minimum Gasteiger partial charge on any atom is -0.392 e. The third-order valence-electron chi connectivity index (χ3n) is 3.64. The van der Waals surface area contributed by atoms with Crippen molar-refractivity contribution in [1.82, 2.24) is 5.32 Å². The van der Waals surface area contributed by atoms with Gasteiger partial charge in [-0.25, -0.2) is 0 Å². The molecule has 1 aliphatic carbocycles. The van der Waals surface area contributed by atoms with Crippen LogP contribution in [0.3, 0.4) is 0 Å². The fourth-order valence-electron chi connectivity index (χ4n) is 2.19. The number of aliphatic hydroxyl groups excluding tert-OH is 1. The summed E-state index contributed by atoms with van der Waals surface area (Å²) in [5, 5.41) is 13.6. The largest absolute Gasteiger partial charge is 0.392 e. The zero-order valence-corrected chi connectivity index (χ0v) is 10.9. The van der Waals surface area contributed by atoms with Crippen LogP contribution < -0.4 is 5.32 Å². The predicted octanol–water partition coefficient (Wildman–Crippen LogP) is 2.42. The number of nitrogens with one attached hydrogen (secondary N) is 1. The summed E-state index contributed by atoms with van der Waals surface area (Å²) in [6.45, 7) is 11.6. The average molecular weight is 213 g/mol. The standard InChI is InChI=1S/C13H27NO/c1-9(2)12(15)13(4,5)8-14-10(3)11-6-7-11/h9-12,14-15H,6-8H2,1-5H3. The van der Waals surface area contributed by atoms with Gasteiger partial charge < -0.3 is 10.4 Å². The Bertz CT molecular complexity index is 197. The van der Waals surface area contributed by atoms with Crippen LogP contribution in [0.2, 0.25) is 0 Å². The van der Waals surface area contributed by atoms with Crippen molar-refractivity contribution < 1.29 is 5.11 Å². The smallest absolute Gasteiger partial charge is 0.0626 e. The summed E-state index contributed by atoms with van der Waals surface area (Å²) in [7, 11) is 0. The molecule has 1 aliphatic rings. The van der Waals surface area contributed by atoms with E-state index in [9.17, 15) is 5.11 Å². The first-order valence-corrected chi connectivity index (χ1v) is 6.26. The molecule has 0 spiro atoms. The molecule has 0 radical (unpaired) electrons. The van der Waals surface area contributed by atoms with Crippen LogP contribution in [0.1, 0.15) is 47.5 Å². The molecule has 2 N–H and O–H groups in total. The van der Waals surface area contributed by atoms with Crippen LogP contribution in [0.15, 0.2) is 0 Å². The van der Waals surface area contributed by atoms with E-state index in [1.807, 2.05) is 0 Å². The van der Waals surface area contributed by atoms with Gasteiger partial charge in [0.2, 0.25) is 0 Å². The minimum atomic E-state index is -0.226. The fraction of sp³-hybridized carbons (Fsp3) is 1.00. The molecule has 15 heavy (non-hydrogen) atoms. The van der Waals surface area contributed by atoms with E-state index < -0.39 is 0 Å². The Morgan fingerprint density at radius 3 is 2.20 bits per heavy atom. The second-order valence-electron chi connectivity index (χ2n) is 6.18. The van der Waals surface area contributed by atoms with Gasteiger partial charge in [0, 0.05) is 18.0 Å². The first kappa shape index (κ1) is 13.0. The van der Waals surface area contributed by atoms with Crippen molar-refractivity contribution in [2.75, 3.05) is 6.54 Å². The zero-order valence-electron chi connectivity index (χ0n) is 10.9. The van der Waals surface area contributed by atoms with Crippen molar-refractivity contribution >= 4 is 0 Å². The van der Waals surface area contributed by atoms with Crippen molar-refractivity contribution in [3.8, 4) is 0 Å². The van der Waals surface area contributed by atoms with Crippen molar-refractivity contribution in [3.05, 3.63) is 0 Å². The molecule has 2 atom stereocenters. The Labute approximate surface area is 94.5 Å². The Morgan fingerprint density at radius 2 is 1.80 bits per heavy atom. The predicted molar refractivity (Wildman–Crippen MR) is 64.8 cm³/mol. The highest BCUT2D eigenvalue weighted by Crippen LogP contribution is 2.33. The molecule has 0 aromatic rings. The van der Waals surface area contributed by atoms with Crippen LogP contribution in [0.5, 0.6) is 0 Å². The third kappa shape index (κ3) is 3.76. The van der Waals surface area contributed by atoms with E-state index in [0.29, 0.717) is 12.0 Å². The normalized spacial score (nSPS) is 21.8. The number of rotatable bonds is 6. The van der Waals surface area contributed by atoms with Crippen LogP contribution in [-0.4, -0.2) is 23.8 Å². The van der Waals surface area contributed by atoms with E-state index in [-0.39, 0.29) is 11.5 Å². The molecule has 1 fully saturated rings. The van der Waals surface area contributed by atoms with Crippen molar-refractivity contribution in [2.45, 2.75) is 59.6 Å². The van der Waals surface area contributed by atoms with Gasteiger partial charge in [0.05, 0.1) is 6.10 Å². The molecular formula is C13H27NO. The van der Waals surface area contributed by atoms with Crippen LogP contribution in [-0.2, 0) is 0 Å². The molecule has 0 heterocycles. The van der Waals surface area contributed by atoms with Crippen molar-refractivity contribution in [1.29, 1.82) is 0 Å². The van der Waals surface area contributed by atoms with Gasteiger partial charge >= 0.3 is 0 Å². The van der Waals surface area contributed by atoms with E-state index in [1.165, 1.54) is 12.8 Å². The lowest BCUT2D eigenvalue weighted by Crippen LogP contribution is -2.44. The lowest BCUT2D eigenvalue weighted by atomic mass is 9.80. The van der Waals surface area contributed by atoms with Crippen molar-refractivity contribution in [3.63, 3.8) is 0 Å². The number of aliphatic hydroxyl groups is 1. The highest BCUT2D eigenvalue weighted by Gasteiger charge is 2.33. The molecule has 1 saturated carbocycles. The van der Waals surface area contributed by atoms with Gasteiger partial charge in [0.15, 0.2) is 0 Å². The molecule has 0 aliphatic heterocycles. The van der Waals surface area contributed by atoms with Gasteiger partial charge in [0.25, 0.3) is 0 Å². The molecule has 0 aromatic heterocycles. The summed E-state index contributed by atoms with van der Waals surface area (Å²) in [5.74, 6) is 1.22. The molecule has 2 unspecified atom stereocenters. The molecule has 0 bridgehead atoms. The first-order chi connectivity index (χ1) is 6.84. The number of hydrogen-bond donors (Lipinski definition) is 2. The maximum atomic E-state index is 10.1. The molecule has 0 saturated heterocycles. The summed E-state index contributed by atoms with van der Waals surface area (Å²) < 4.78 is 0. The molecular weight excluding hydrogens is 186 g/mol. The average Bonchev–Trinajstić information content (AvgIpc) is 2.96. The summed E-state index contributed by atoms with van der Waals surface area (Å²) in [6, 6.07) is 0.614. The third-order valence-corrected chi connectivity index (χ3v) is 3.64. The summed E-state index contributed by atoms with van der Waals surface area (Å²) in [6.07, 6.45) is 2.53. The minimum absolute atomic E-state index is 0.0304. The molecule has 2 heteroatoms. The quantitative estimate of drug-likeness (QED) is 0.710. The maximum Gasteiger partial charge on any atom is 0.0626 e. The van der Waals surface area contributed by atoms with E-state index in [4.69, 9.17) is 0 Å². The van der Waals surface area contributed by atoms with Crippen LogP contribution in [0.4, 0.5) is 0 Å². The molecule has 2 nitrogen and oxygen atoms in total. The van der Waals surface area contributed by atoms with E-state index in [2.05, 4.69) is 39.9 Å². The Balaban J connectivity index is 2.33. The van der Waals surface area contributed by atoms with E-state index >= 15 is 0 Å². The second kappa shape index (κ2) is 4.84. The van der Waals surface area contributed by atoms with Crippen molar-refractivity contribution in [2.24, 2.45) is 17.3 Å². The first-order valence-electron chi connectivity index (χ1n) is 6.26. The summed E-state index contributed by atoms with van der Waals surface area (Å²) in [4.78, 5) is 0. The number of hydrogen-bond acceptors (Lipinski definition) is 2. The van der Waals surface area contributed by atoms with Gasteiger partial charge in [-0.2, -0.15) is 0 Å². The highest BCUT2D eigenvalue weighted by atomic mass is 16.3. The Morgan fingerprint density at radius 1 is 1.27 bits per heavy atom. The Hall–Kier alpha value is -0.0800. The van der Waals surface area contributed by atoms with Gasteiger partial charge in [0.1, 0.15) is 0 Å². The van der Waals surface area contributed by atoms with Crippen LogP contribution >= 0.6 is 0 Å². The summed E-state index contributed by atoms with van der Waals surface area (Å²) >= 11 is 0. The molecule has 90 valence electrons. The highest BCUT2D eigenvalue weighted by molar-refractivity contribution is 4.87. The topological polar surface area (TPSA) is 32.3 Å². The van der Waals surface area contributed by atoms with Gasteiger partial charge in [-0.1, -0.05) is 27.7 Å². The van der Waals surface area contributed by atoms with Gasteiger partial charge in [-0.05, 0) is 31.6 Å². The molecule has 1 rings (SSSR count). The SMILES string of the molecule is CC(C)C(O)C(C)(C)CNC(C)C1CC1. The maximum absolute atomic E-state index is 10.1. The fourth-order valence-corrected chi connectivity index (χ4v) is 2.19. The van der Waals surface area contributed by atoms with Gasteiger partial charge in [-0.15, -0.1) is 0 Å². The Kier molecular flexibility index (Phi) is 4.19. The van der Waals surface area contributed by atoms with Gasteiger partial charge in [-0.3, -0.25) is 0 Å². The molecule has 0 amide bonds. The monoisotopic (exact) mass is 213 g/mol. The van der Waals surface area contributed by atoms with Crippen LogP contribution in [0.25, 0.3) is 0 Å².